The third kappa shape index (κ3) is 2.16. The van der Waals surface area contributed by atoms with E-state index in [-0.39, 0.29) is 6.04 Å². The lowest BCUT2D eigenvalue weighted by Gasteiger charge is -2.21. The topological polar surface area (TPSA) is 61.8 Å². The molecule has 0 spiro atoms. The molecule has 1 amide bonds. The highest BCUT2D eigenvalue weighted by molar-refractivity contribution is 5.64. The van der Waals surface area contributed by atoms with Crippen molar-refractivity contribution in [1.82, 2.24) is 10.2 Å². The Kier molecular flexibility index (Phi) is 2.88. The smallest absolute Gasteiger partial charge is 0.404 e. The fourth-order valence-electron chi connectivity index (χ4n) is 2.22. The number of amides is 1. The van der Waals surface area contributed by atoms with Crippen molar-refractivity contribution < 1.29 is 14.6 Å². The maximum Gasteiger partial charge on any atom is 0.404 e. The average Bonchev–Trinajstić information content (AvgIpc) is 2.69. The molecule has 2 fully saturated rings. The van der Waals surface area contributed by atoms with Gasteiger partial charge in [-0.1, -0.05) is 0 Å². The number of hydrogen-bond acceptors (Lipinski definition) is 3. The Morgan fingerprint density at radius 2 is 2.36 bits per heavy atom. The molecule has 14 heavy (non-hydrogen) atoms. The summed E-state index contributed by atoms with van der Waals surface area (Å²) in [5.41, 5.74) is 0. The van der Waals surface area contributed by atoms with E-state index in [2.05, 4.69) is 10.2 Å². The van der Waals surface area contributed by atoms with Crippen LogP contribution in [0.3, 0.4) is 0 Å². The lowest BCUT2D eigenvalue weighted by atomic mass is 10.2. The van der Waals surface area contributed by atoms with Crippen LogP contribution in [-0.4, -0.2) is 54.5 Å². The van der Waals surface area contributed by atoms with Crippen LogP contribution in [0.15, 0.2) is 0 Å². The maximum atomic E-state index is 10.4. The van der Waals surface area contributed by atoms with Gasteiger partial charge in [-0.05, 0) is 12.8 Å². The minimum absolute atomic E-state index is 0.105. The third-order valence-corrected chi connectivity index (χ3v) is 2.97. The first-order chi connectivity index (χ1) is 6.75. The standard InChI is InChI=1S/C9H16N2O3/c12-9(13)10-7-1-3-11(5-7)8-2-4-14-6-8/h7-8,10H,1-6H2,(H,12,13). The Balaban J connectivity index is 1.78. The van der Waals surface area contributed by atoms with Crippen molar-refractivity contribution in [3.63, 3.8) is 0 Å². The molecule has 0 aromatic heterocycles. The molecule has 0 aromatic carbocycles. The highest BCUT2D eigenvalue weighted by Crippen LogP contribution is 2.18. The Hall–Kier alpha value is -0.810. The summed E-state index contributed by atoms with van der Waals surface area (Å²) < 4.78 is 5.31. The van der Waals surface area contributed by atoms with Gasteiger partial charge in [0, 0.05) is 31.8 Å². The van der Waals surface area contributed by atoms with E-state index in [1.165, 1.54) is 0 Å². The second kappa shape index (κ2) is 4.14. The van der Waals surface area contributed by atoms with E-state index in [0.717, 1.165) is 39.1 Å². The predicted molar refractivity (Wildman–Crippen MR) is 50.4 cm³/mol. The Morgan fingerprint density at radius 3 is 3.00 bits per heavy atom. The summed E-state index contributed by atoms with van der Waals surface area (Å²) in [6.45, 7) is 3.47. The number of carboxylic acid groups (broad SMARTS) is 1. The average molecular weight is 200 g/mol. The first kappa shape index (κ1) is 9.73. The minimum atomic E-state index is -0.917. The van der Waals surface area contributed by atoms with Crippen LogP contribution in [0.2, 0.25) is 0 Å². The molecule has 80 valence electrons. The maximum absolute atomic E-state index is 10.4. The fraction of sp³-hybridized carbons (Fsp3) is 0.889. The summed E-state index contributed by atoms with van der Waals surface area (Å²) in [4.78, 5) is 12.8. The van der Waals surface area contributed by atoms with Crippen LogP contribution in [0.4, 0.5) is 4.79 Å². The van der Waals surface area contributed by atoms with E-state index in [9.17, 15) is 4.79 Å². The van der Waals surface area contributed by atoms with Gasteiger partial charge in [0.1, 0.15) is 0 Å². The van der Waals surface area contributed by atoms with Gasteiger partial charge in [0.15, 0.2) is 0 Å². The van der Waals surface area contributed by atoms with Gasteiger partial charge in [0.25, 0.3) is 0 Å². The van der Waals surface area contributed by atoms with Crippen molar-refractivity contribution in [2.75, 3.05) is 26.3 Å². The number of carbonyl (C=O) groups is 1. The molecule has 0 saturated carbocycles. The van der Waals surface area contributed by atoms with Crippen LogP contribution in [0.5, 0.6) is 0 Å². The highest BCUT2D eigenvalue weighted by atomic mass is 16.5. The lowest BCUT2D eigenvalue weighted by molar-refractivity contribution is 0.156. The largest absolute Gasteiger partial charge is 0.465 e. The normalized spacial score (nSPS) is 33.4. The van der Waals surface area contributed by atoms with E-state index in [1.54, 1.807) is 0 Å². The molecule has 2 N–H and O–H groups in total. The molecule has 5 nitrogen and oxygen atoms in total. The molecule has 2 aliphatic heterocycles. The van der Waals surface area contributed by atoms with Crippen LogP contribution >= 0.6 is 0 Å². The van der Waals surface area contributed by atoms with E-state index in [1.807, 2.05) is 0 Å². The van der Waals surface area contributed by atoms with Gasteiger partial charge in [-0.3, -0.25) is 4.90 Å². The van der Waals surface area contributed by atoms with E-state index < -0.39 is 6.09 Å². The van der Waals surface area contributed by atoms with E-state index in [4.69, 9.17) is 9.84 Å². The van der Waals surface area contributed by atoms with Crippen LogP contribution in [0.1, 0.15) is 12.8 Å². The molecular formula is C9H16N2O3. The number of nitrogens with zero attached hydrogens (tertiary/aromatic N) is 1. The van der Waals surface area contributed by atoms with Crippen molar-refractivity contribution in [1.29, 1.82) is 0 Å². The van der Waals surface area contributed by atoms with E-state index in [0.29, 0.717) is 6.04 Å². The van der Waals surface area contributed by atoms with Crippen LogP contribution in [0, 0.1) is 0 Å². The third-order valence-electron chi connectivity index (χ3n) is 2.97. The zero-order chi connectivity index (χ0) is 9.97. The second-order valence-corrected chi connectivity index (χ2v) is 3.95. The molecule has 5 heteroatoms. The highest BCUT2D eigenvalue weighted by Gasteiger charge is 2.30. The van der Waals surface area contributed by atoms with Crippen molar-refractivity contribution in [3.8, 4) is 0 Å². The van der Waals surface area contributed by atoms with Gasteiger partial charge in [0.2, 0.25) is 0 Å². The van der Waals surface area contributed by atoms with Gasteiger partial charge in [-0.2, -0.15) is 0 Å². The summed E-state index contributed by atoms with van der Waals surface area (Å²) in [6.07, 6.45) is 1.09. The zero-order valence-corrected chi connectivity index (χ0v) is 8.11. The molecule has 2 aliphatic rings. The number of likely N-dealkylation sites (tertiary alicyclic amines) is 1. The van der Waals surface area contributed by atoms with Crippen LogP contribution in [0.25, 0.3) is 0 Å². The quantitative estimate of drug-likeness (QED) is 0.664. The number of nitrogens with one attached hydrogen (secondary N) is 1. The Labute approximate surface area is 83.0 Å². The number of hydrogen-bond donors (Lipinski definition) is 2. The SMILES string of the molecule is O=C(O)NC1CCN(C2CCOC2)C1. The Bertz CT molecular complexity index is 216. The van der Waals surface area contributed by atoms with Gasteiger partial charge in [-0.15, -0.1) is 0 Å². The first-order valence-electron chi connectivity index (χ1n) is 5.07. The summed E-state index contributed by atoms with van der Waals surface area (Å²) in [6, 6.07) is 0.615. The number of rotatable bonds is 2. The summed E-state index contributed by atoms with van der Waals surface area (Å²) in [5.74, 6) is 0. The lowest BCUT2D eigenvalue weighted by Crippen LogP contribution is -2.39. The van der Waals surface area contributed by atoms with Gasteiger partial charge >= 0.3 is 6.09 Å². The van der Waals surface area contributed by atoms with Crippen molar-refractivity contribution in [3.05, 3.63) is 0 Å². The van der Waals surface area contributed by atoms with Crippen molar-refractivity contribution in [2.45, 2.75) is 24.9 Å². The molecule has 0 aliphatic carbocycles. The van der Waals surface area contributed by atoms with Gasteiger partial charge in [-0.25, -0.2) is 4.79 Å². The molecule has 2 saturated heterocycles. The molecule has 0 radical (unpaired) electrons. The molecular weight excluding hydrogens is 184 g/mol. The summed E-state index contributed by atoms with van der Waals surface area (Å²) in [5, 5.41) is 11.1. The second-order valence-electron chi connectivity index (χ2n) is 3.95. The van der Waals surface area contributed by atoms with Crippen LogP contribution in [-0.2, 0) is 4.74 Å². The zero-order valence-electron chi connectivity index (χ0n) is 8.11. The molecule has 0 bridgehead atoms. The monoisotopic (exact) mass is 200 g/mol. The van der Waals surface area contributed by atoms with Crippen molar-refractivity contribution >= 4 is 6.09 Å². The first-order valence-corrected chi connectivity index (χ1v) is 5.07. The summed E-state index contributed by atoms with van der Waals surface area (Å²) >= 11 is 0. The molecule has 2 atom stereocenters. The molecule has 2 heterocycles. The predicted octanol–water partition coefficient (Wildman–Crippen LogP) is 0.117. The molecule has 0 aromatic rings. The number of ether oxygens (including phenoxy) is 1. The van der Waals surface area contributed by atoms with Crippen molar-refractivity contribution in [2.24, 2.45) is 0 Å². The molecule has 2 unspecified atom stereocenters. The van der Waals surface area contributed by atoms with E-state index >= 15 is 0 Å². The summed E-state index contributed by atoms with van der Waals surface area (Å²) in [7, 11) is 0. The van der Waals surface area contributed by atoms with Gasteiger partial charge in [0.05, 0.1) is 6.61 Å². The molecule has 2 rings (SSSR count). The minimum Gasteiger partial charge on any atom is -0.465 e. The van der Waals surface area contributed by atoms with Gasteiger partial charge < -0.3 is 15.2 Å². The Morgan fingerprint density at radius 1 is 1.50 bits per heavy atom. The van der Waals surface area contributed by atoms with Crippen LogP contribution < -0.4 is 5.32 Å². The fourth-order valence-corrected chi connectivity index (χ4v) is 2.22.